The Kier molecular flexibility index (Phi) is 4.59. The van der Waals surface area contributed by atoms with Gasteiger partial charge in [0.05, 0.1) is 0 Å². The summed E-state index contributed by atoms with van der Waals surface area (Å²) >= 11 is 0. The third-order valence-electron chi connectivity index (χ3n) is 4.02. The molecule has 1 saturated carbocycles. The van der Waals surface area contributed by atoms with E-state index in [1.54, 1.807) is 0 Å². The smallest absolute Gasteiger partial charge is 0.226 e. The third kappa shape index (κ3) is 3.70. The normalized spacial score (nSPS) is 21.2. The number of aliphatic hydroxyl groups excluding tert-OH is 1. The van der Waals surface area contributed by atoms with Crippen LogP contribution in [0.15, 0.2) is 0 Å². The van der Waals surface area contributed by atoms with Crippen molar-refractivity contribution in [2.24, 2.45) is 10.8 Å². The van der Waals surface area contributed by atoms with Gasteiger partial charge in [-0.2, -0.15) is 0 Å². The molecule has 17 heavy (non-hydrogen) atoms. The molecule has 0 bridgehead atoms. The van der Waals surface area contributed by atoms with E-state index in [9.17, 15) is 4.79 Å². The van der Waals surface area contributed by atoms with Crippen LogP contribution in [0.25, 0.3) is 0 Å². The summed E-state index contributed by atoms with van der Waals surface area (Å²) in [6.07, 6.45) is 4.93. The van der Waals surface area contributed by atoms with E-state index in [0.29, 0.717) is 6.42 Å². The zero-order valence-electron chi connectivity index (χ0n) is 11.7. The molecule has 1 atom stereocenters. The van der Waals surface area contributed by atoms with E-state index >= 15 is 0 Å². The Hall–Kier alpha value is -0.570. The lowest BCUT2D eigenvalue weighted by atomic mass is 9.82. The van der Waals surface area contributed by atoms with Crippen molar-refractivity contribution < 1.29 is 9.90 Å². The number of carbonyl (C=O) groups is 1. The number of amides is 1. The predicted octanol–water partition coefficient (Wildman–Crippen LogP) is 2.48. The van der Waals surface area contributed by atoms with Crippen LogP contribution in [0.4, 0.5) is 0 Å². The van der Waals surface area contributed by atoms with Gasteiger partial charge in [0.15, 0.2) is 0 Å². The summed E-state index contributed by atoms with van der Waals surface area (Å²) in [5.74, 6) is 0.170. The summed E-state index contributed by atoms with van der Waals surface area (Å²) in [5, 5.41) is 12.2. The van der Waals surface area contributed by atoms with E-state index in [1.807, 2.05) is 0 Å². The molecule has 0 radical (unpaired) electrons. The molecule has 100 valence electrons. The molecule has 0 heterocycles. The quantitative estimate of drug-likeness (QED) is 0.794. The Balaban J connectivity index is 2.64. The summed E-state index contributed by atoms with van der Waals surface area (Å²) in [6.45, 7) is 8.49. The minimum Gasteiger partial charge on any atom is -0.396 e. The Morgan fingerprint density at radius 3 is 2.29 bits per heavy atom. The van der Waals surface area contributed by atoms with Crippen molar-refractivity contribution in [2.45, 2.75) is 65.8 Å². The lowest BCUT2D eigenvalue weighted by Gasteiger charge is -2.34. The third-order valence-corrected chi connectivity index (χ3v) is 4.02. The maximum Gasteiger partial charge on any atom is 0.226 e. The fourth-order valence-electron chi connectivity index (χ4n) is 2.57. The van der Waals surface area contributed by atoms with Crippen molar-refractivity contribution in [3.8, 4) is 0 Å². The highest BCUT2D eigenvalue weighted by Gasteiger charge is 2.38. The first kappa shape index (κ1) is 14.5. The van der Waals surface area contributed by atoms with Crippen molar-refractivity contribution in [3.05, 3.63) is 0 Å². The van der Waals surface area contributed by atoms with Crippen LogP contribution in [0.3, 0.4) is 0 Å². The molecule has 1 fully saturated rings. The molecule has 3 heteroatoms. The van der Waals surface area contributed by atoms with Gasteiger partial charge < -0.3 is 10.4 Å². The van der Waals surface area contributed by atoms with Crippen LogP contribution < -0.4 is 5.32 Å². The van der Waals surface area contributed by atoms with Gasteiger partial charge in [-0.15, -0.1) is 0 Å². The maximum absolute atomic E-state index is 12.3. The largest absolute Gasteiger partial charge is 0.396 e. The van der Waals surface area contributed by atoms with Gasteiger partial charge in [-0.25, -0.2) is 0 Å². The van der Waals surface area contributed by atoms with Crippen LogP contribution >= 0.6 is 0 Å². The van der Waals surface area contributed by atoms with Crippen LogP contribution in [0.5, 0.6) is 0 Å². The minimum absolute atomic E-state index is 0.00659. The van der Waals surface area contributed by atoms with Gasteiger partial charge in [-0.3, -0.25) is 4.79 Å². The summed E-state index contributed by atoms with van der Waals surface area (Å²) < 4.78 is 0. The molecule has 0 aliphatic heterocycles. The summed E-state index contributed by atoms with van der Waals surface area (Å²) in [7, 11) is 0. The first-order chi connectivity index (χ1) is 7.79. The Morgan fingerprint density at radius 2 is 1.88 bits per heavy atom. The SMILES string of the molecule is CC1(C(=O)NC(CCO)C(C)(C)C)CCCC1. The van der Waals surface area contributed by atoms with E-state index < -0.39 is 0 Å². The van der Waals surface area contributed by atoms with Gasteiger partial charge >= 0.3 is 0 Å². The molecule has 0 spiro atoms. The van der Waals surface area contributed by atoms with E-state index in [4.69, 9.17) is 5.11 Å². The molecule has 1 aliphatic rings. The second-order valence-corrected chi connectivity index (χ2v) is 6.67. The van der Waals surface area contributed by atoms with Gasteiger partial charge in [0.1, 0.15) is 0 Å². The number of nitrogens with one attached hydrogen (secondary N) is 1. The highest BCUT2D eigenvalue weighted by Crippen LogP contribution is 2.38. The van der Waals surface area contributed by atoms with E-state index in [1.165, 1.54) is 0 Å². The van der Waals surface area contributed by atoms with Gasteiger partial charge in [-0.1, -0.05) is 40.5 Å². The molecule has 0 saturated heterocycles. The lowest BCUT2D eigenvalue weighted by Crippen LogP contribution is -2.49. The molecule has 2 N–H and O–H groups in total. The number of aliphatic hydroxyl groups is 1. The first-order valence-electron chi connectivity index (χ1n) is 6.71. The van der Waals surface area contributed by atoms with Gasteiger partial charge in [-0.05, 0) is 24.7 Å². The van der Waals surface area contributed by atoms with Crippen molar-refractivity contribution in [2.75, 3.05) is 6.61 Å². The molecule has 1 rings (SSSR count). The Bertz CT molecular complexity index is 262. The Labute approximate surface area is 105 Å². The summed E-state index contributed by atoms with van der Waals surface area (Å²) in [4.78, 5) is 12.3. The Morgan fingerprint density at radius 1 is 1.35 bits per heavy atom. The minimum atomic E-state index is -0.182. The van der Waals surface area contributed by atoms with E-state index in [0.717, 1.165) is 25.7 Å². The van der Waals surface area contributed by atoms with Crippen LogP contribution in [-0.4, -0.2) is 23.7 Å². The highest BCUT2D eigenvalue weighted by atomic mass is 16.3. The van der Waals surface area contributed by atoms with Crippen LogP contribution in [0.2, 0.25) is 0 Å². The summed E-state index contributed by atoms with van der Waals surface area (Å²) in [5.41, 5.74) is -0.188. The van der Waals surface area contributed by atoms with Crippen molar-refractivity contribution in [3.63, 3.8) is 0 Å². The molecule has 1 amide bonds. The second kappa shape index (κ2) is 5.38. The molecule has 0 aromatic heterocycles. The highest BCUT2D eigenvalue weighted by molar-refractivity contribution is 5.82. The van der Waals surface area contributed by atoms with Gasteiger partial charge in [0.2, 0.25) is 5.91 Å². The molecular formula is C14H27NO2. The standard InChI is InChI=1S/C14H27NO2/c1-13(2,3)11(7-10-16)15-12(17)14(4)8-5-6-9-14/h11,16H,5-10H2,1-4H3,(H,15,17). The van der Waals surface area contributed by atoms with Crippen LogP contribution in [-0.2, 0) is 4.79 Å². The number of hydrogen-bond donors (Lipinski definition) is 2. The molecule has 0 aromatic carbocycles. The fourth-order valence-corrected chi connectivity index (χ4v) is 2.57. The maximum atomic E-state index is 12.3. The topological polar surface area (TPSA) is 49.3 Å². The van der Waals surface area contributed by atoms with E-state index in [-0.39, 0.29) is 29.4 Å². The predicted molar refractivity (Wildman–Crippen MR) is 69.7 cm³/mol. The molecular weight excluding hydrogens is 214 g/mol. The van der Waals surface area contributed by atoms with Crippen LogP contribution in [0.1, 0.15) is 59.8 Å². The molecule has 0 aromatic rings. The fraction of sp³-hybridized carbons (Fsp3) is 0.929. The molecule has 1 aliphatic carbocycles. The lowest BCUT2D eigenvalue weighted by molar-refractivity contribution is -0.131. The number of hydrogen-bond acceptors (Lipinski definition) is 2. The van der Waals surface area contributed by atoms with E-state index in [2.05, 4.69) is 33.0 Å². The number of carbonyl (C=O) groups excluding carboxylic acids is 1. The first-order valence-corrected chi connectivity index (χ1v) is 6.71. The van der Waals surface area contributed by atoms with Gasteiger partial charge in [0.25, 0.3) is 0 Å². The van der Waals surface area contributed by atoms with Gasteiger partial charge in [0, 0.05) is 18.1 Å². The van der Waals surface area contributed by atoms with Crippen molar-refractivity contribution in [1.29, 1.82) is 0 Å². The second-order valence-electron chi connectivity index (χ2n) is 6.67. The zero-order valence-corrected chi connectivity index (χ0v) is 11.7. The van der Waals surface area contributed by atoms with Crippen LogP contribution in [0, 0.1) is 10.8 Å². The number of rotatable bonds is 4. The van der Waals surface area contributed by atoms with Crippen molar-refractivity contribution >= 4 is 5.91 Å². The van der Waals surface area contributed by atoms with Crippen molar-refractivity contribution in [1.82, 2.24) is 5.32 Å². The average Bonchev–Trinajstić information content (AvgIpc) is 2.64. The molecule has 1 unspecified atom stereocenters. The average molecular weight is 241 g/mol. The summed E-state index contributed by atoms with van der Waals surface area (Å²) in [6, 6.07) is 0.0532. The zero-order chi connectivity index (χ0) is 13.1. The molecule has 3 nitrogen and oxygen atoms in total. The monoisotopic (exact) mass is 241 g/mol.